The molecule has 2 fully saturated rings. The zero-order chi connectivity index (χ0) is 16.9. The van der Waals surface area contributed by atoms with Crippen LogP contribution in [0.5, 0.6) is 5.75 Å². The van der Waals surface area contributed by atoms with Gasteiger partial charge in [-0.2, -0.15) is 0 Å². The lowest BCUT2D eigenvalue weighted by Gasteiger charge is -2.56. The van der Waals surface area contributed by atoms with Crippen LogP contribution in [-0.2, 0) is 0 Å². The van der Waals surface area contributed by atoms with Crippen LogP contribution in [0.4, 0.5) is 0 Å². The highest BCUT2D eigenvalue weighted by molar-refractivity contribution is 5.94. The maximum absolute atomic E-state index is 13.1. The van der Waals surface area contributed by atoms with Gasteiger partial charge in [-0.1, -0.05) is 26.0 Å². The number of rotatable bonds is 1. The molecule has 3 aliphatic rings. The number of fused-ring (bicyclic) bond motifs is 4. The number of benzene rings is 1. The maximum Gasteiger partial charge on any atom is 0.254 e. The van der Waals surface area contributed by atoms with Gasteiger partial charge in [0.1, 0.15) is 5.75 Å². The van der Waals surface area contributed by atoms with Crippen molar-refractivity contribution < 1.29 is 9.90 Å². The number of allylic oxidation sites excluding steroid dienone is 3. The van der Waals surface area contributed by atoms with Crippen molar-refractivity contribution >= 4 is 5.91 Å². The van der Waals surface area contributed by atoms with Gasteiger partial charge in [-0.05, 0) is 72.4 Å². The summed E-state index contributed by atoms with van der Waals surface area (Å²) in [6.45, 7) is 5.47. The maximum atomic E-state index is 13.1. The number of carbonyl (C=O) groups is 1. The minimum atomic E-state index is 0.0929. The Labute approximate surface area is 143 Å². The second kappa shape index (κ2) is 5.51. The zero-order valence-corrected chi connectivity index (χ0v) is 14.5. The minimum absolute atomic E-state index is 0.0929. The van der Waals surface area contributed by atoms with Gasteiger partial charge in [0.05, 0.1) is 0 Å². The van der Waals surface area contributed by atoms with Gasteiger partial charge in [-0.3, -0.25) is 4.79 Å². The molecule has 1 heterocycles. The van der Waals surface area contributed by atoms with E-state index in [1.54, 1.807) is 29.8 Å². The Morgan fingerprint density at radius 1 is 1.17 bits per heavy atom. The Kier molecular flexibility index (Phi) is 3.56. The van der Waals surface area contributed by atoms with E-state index in [2.05, 4.69) is 30.9 Å². The molecule has 4 rings (SSSR count). The van der Waals surface area contributed by atoms with Crippen molar-refractivity contribution in [2.24, 2.45) is 11.3 Å². The van der Waals surface area contributed by atoms with Gasteiger partial charge < -0.3 is 10.0 Å². The van der Waals surface area contributed by atoms with Gasteiger partial charge in [0.2, 0.25) is 0 Å². The zero-order valence-electron chi connectivity index (χ0n) is 14.5. The van der Waals surface area contributed by atoms with Crippen molar-refractivity contribution in [3.05, 3.63) is 53.1 Å². The Morgan fingerprint density at radius 2 is 1.88 bits per heavy atom. The first-order valence-corrected chi connectivity index (χ1v) is 8.98. The van der Waals surface area contributed by atoms with E-state index < -0.39 is 0 Å². The van der Waals surface area contributed by atoms with E-state index in [1.165, 1.54) is 5.57 Å². The molecule has 24 heavy (non-hydrogen) atoms. The molecule has 2 aliphatic carbocycles. The first-order valence-electron chi connectivity index (χ1n) is 8.98. The summed E-state index contributed by atoms with van der Waals surface area (Å²) in [7, 11) is 0. The molecule has 1 aliphatic heterocycles. The largest absolute Gasteiger partial charge is 0.508 e. The summed E-state index contributed by atoms with van der Waals surface area (Å²) in [5.74, 6) is 0.854. The predicted octanol–water partition coefficient (Wildman–Crippen LogP) is 4.30. The molecule has 0 aromatic heterocycles. The molecule has 1 saturated carbocycles. The first-order chi connectivity index (χ1) is 11.5. The normalized spacial score (nSPS) is 27.8. The minimum Gasteiger partial charge on any atom is -0.508 e. The van der Waals surface area contributed by atoms with Crippen LogP contribution in [0.2, 0.25) is 0 Å². The molecule has 0 unspecified atom stereocenters. The van der Waals surface area contributed by atoms with Crippen molar-refractivity contribution in [1.82, 2.24) is 4.90 Å². The first kappa shape index (κ1) is 15.5. The van der Waals surface area contributed by atoms with Crippen LogP contribution in [0.25, 0.3) is 0 Å². The molecule has 2 bridgehead atoms. The lowest BCUT2D eigenvalue weighted by Crippen LogP contribution is -2.59. The number of hydrogen-bond acceptors (Lipinski definition) is 2. The third-order valence-corrected chi connectivity index (χ3v) is 6.25. The second-order valence-electron chi connectivity index (χ2n) is 7.89. The lowest BCUT2D eigenvalue weighted by molar-refractivity contribution is -0.00242. The molecule has 2 atom stereocenters. The topological polar surface area (TPSA) is 40.5 Å². The second-order valence-corrected chi connectivity index (χ2v) is 7.89. The summed E-state index contributed by atoms with van der Waals surface area (Å²) in [5, 5.41) is 9.46. The molecule has 0 radical (unpaired) electrons. The third kappa shape index (κ3) is 2.29. The highest BCUT2D eigenvalue weighted by Gasteiger charge is 2.51. The van der Waals surface area contributed by atoms with Crippen LogP contribution >= 0.6 is 0 Å². The van der Waals surface area contributed by atoms with E-state index in [0.29, 0.717) is 11.5 Å². The number of nitrogens with zero attached hydrogens (tertiary/aromatic N) is 1. The summed E-state index contributed by atoms with van der Waals surface area (Å²) in [6.07, 6.45) is 9.13. The van der Waals surface area contributed by atoms with Crippen LogP contribution in [0.15, 0.2) is 47.6 Å². The fourth-order valence-electron chi connectivity index (χ4n) is 4.89. The summed E-state index contributed by atoms with van der Waals surface area (Å²) in [5.41, 5.74) is 3.80. The summed E-state index contributed by atoms with van der Waals surface area (Å²) >= 11 is 0. The number of phenols is 1. The molecule has 0 spiro atoms. The Morgan fingerprint density at radius 3 is 2.62 bits per heavy atom. The fourth-order valence-corrected chi connectivity index (χ4v) is 4.89. The van der Waals surface area contributed by atoms with Gasteiger partial charge in [0, 0.05) is 18.2 Å². The number of aromatic hydroxyl groups is 1. The number of carbonyl (C=O) groups excluding carboxylic acids is 1. The van der Waals surface area contributed by atoms with Crippen LogP contribution < -0.4 is 0 Å². The van der Waals surface area contributed by atoms with Crippen LogP contribution in [0.1, 0.15) is 49.9 Å². The number of phenolic OH excluding ortho intramolecular Hbond substituents is 1. The van der Waals surface area contributed by atoms with Crippen molar-refractivity contribution in [3.8, 4) is 5.75 Å². The fraction of sp³-hybridized carbons (Fsp3) is 0.476. The Bertz CT molecular complexity index is 727. The van der Waals surface area contributed by atoms with Crippen LogP contribution in [0, 0.1) is 11.3 Å². The van der Waals surface area contributed by atoms with Gasteiger partial charge in [0.25, 0.3) is 5.91 Å². The summed E-state index contributed by atoms with van der Waals surface area (Å²) in [6, 6.07) is 6.89. The van der Waals surface area contributed by atoms with Crippen molar-refractivity contribution in [3.63, 3.8) is 0 Å². The van der Waals surface area contributed by atoms with E-state index >= 15 is 0 Å². The number of amides is 1. The molecule has 3 nitrogen and oxygen atoms in total. The van der Waals surface area contributed by atoms with Crippen LogP contribution in [-0.4, -0.2) is 28.5 Å². The monoisotopic (exact) mass is 323 g/mol. The molecule has 1 N–H and O–H groups in total. The Balaban J connectivity index is 1.67. The van der Waals surface area contributed by atoms with Gasteiger partial charge in [0.15, 0.2) is 0 Å². The van der Waals surface area contributed by atoms with Crippen molar-refractivity contribution in [2.75, 3.05) is 6.54 Å². The van der Waals surface area contributed by atoms with E-state index in [-0.39, 0.29) is 23.1 Å². The van der Waals surface area contributed by atoms with Crippen molar-refractivity contribution in [1.29, 1.82) is 0 Å². The SMILES string of the molecule is CC1(C)[C@H]2CCN(C(=O)c3ccc(O)cc3)[C@@H]1CC1=CCCC=C12. The molecule has 1 aromatic carbocycles. The average molecular weight is 323 g/mol. The number of likely N-dealkylation sites (tertiary alicyclic amines) is 1. The molecule has 126 valence electrons. The van der Waals surface area contributed by atoms with Gasteiger partial charge >= 0.3 is 0 Å². The van der Waals surface area contributed by atoms with E-state index in [9.17, 15) is 9.90 Å². The average Bonchev–Trinajstić information content (AvgIpc) is 2.55. The molecular formula is C21H25NO2. The van der Waals surface area contributed by atoms with Crippen molar-refractivity contribution in [2.45, 2.75) is 45.6 Å². The quantitative estimate of drug-likeness (QED) is 0.837. The lowest BCUT2D eigenvalue weighted by atomic mass is 9.57. The third-order valence-electron chi connectivity index (χ3n) is 6.25. The number of hydrogen-bond donors (Lipinski definition) is 1. The predicted molar refractivity (Wildman–Crippen MR) is 94.8 cm³/mol. The number of piperidine rings is 1. The molecular weight excluding hydrogens is 298 g/mol. The summed E-state index contributed by atoms with van der Waals surface area (Å²) in [4.78, 5) is 15.1. The summed E-state index contributed by atoms with van der Waals surface area (Å²) < 4.78 is 0. The Hall–Kier alpha value is -2.03. The molecule has 3 heteroatoms. The van der Waals surface area contributed by atoms with Crippen LogP contribution in [0.3, 0.4) is 0 Å². The highest BCUT2D eigenvalue weighted by Crippen LogP contribution is 2.53. The van der Waals surface area contributed by atoms with Gasteiger partial charge in [-0.25, -0.2) is 0 Å². The molecule has 1 saturated heterocycles. The molecule has 1 amide bonds. The van der Waals surface area contributed by atoms with E-state index in [0.717, 1.165) is 32.2 Å². The van der Waals surface area contributed by atoms with Gasteiger partial charge in [-0.15, -0.1) is 0 Å². The highest BCUT2D eigenvalue weighted by atomic mass is 16.3. The van der Waals surface area contributed by atoms with E-state index in [1.807, 2.05) is 0 Å². The molecule has 1 aromatic rings. The smallest absolute Gasteiger partial charge is 0.254 e. The standard InChI is InChI=1S/C21H25NO2/c1-21(2)18-11-12-22(20(24)14-7-9-16(23)10-8-14)19(21)13-15-5-3-4-6-17(15)18/h5-10,18-19,23H,3-4,11-13H2,1-2H3/t18-,19+/m0/s1. The van der Waals surface area contributed by atoms with E-state index in [4.69, 9.17) is 0 Å².